The van der Waals surface area contributed by atoms with E-state index in [4.69, 9.17) is 5.11 Å². The molecule has 5 N–H and O–H groups in total. The molecule has 9 nitrogen and oxygen atoms in total. The van der Waals surface area contributed by atoms with Crippen molar-refractivity contribution in [2.75, 3.05) is 19.8 Å². The molecule has 9 heteroatoms. The predicted octanol–water partition coefficient (Wildman–Crippen LogP) is 3.62. The van der Waals surface area contributed by atoms with Crippen molar-refractivity contribution >= 4 is 29.4 Å². The Hall–Kier alpha value is -3.79. The third kappa shape index (κ3) is 7.15. The molecule has 2 aromatic carbocycles. The number of carboxylic acids is 1. The summed E-state index contributed by atoms with van der Waals surface area (Å²) in [4.78, 5) is 38.6. The number of phenols is 1. The Bertz CT molecular complexity index is 1320. The number of carbonyl (C=O) groups excluding carboxylic acids is 2. The van der Waals surface area contributed by atoms with Crippen molar-refractivity contribution in [3.8, 4) is 5.75 Å². The van der Waals surface area contributed by atoms with Crippen molar-refractivity contribution in [1.29, 1.82) is 0 Å². The fourth-order valence-corrected chi connectivity index (χ4v) is 6.29. The Kier molecular flexibility index (Phi) is 10.7. The predicted molar refractivity (Wildman–Crippen MR) is 157 cm³/mol. The summed E-state index contributed by atoms with van der Waals surface area (Å²) in [6, 6.07) is 16.5. The minimum absolute atomic E-state index is 0.0286. The highest BCUT2D eigenvalue weighted by Gasteiger charge is 2.54. The molecule has 1 saturated heterocycles. The maximum Gasteiger partial charge on any atom is 0.303 e. The van der Waals surface area contributed by atoms with E-state index >= 15 is 0 Å². The minimum atomic E-state index is -1.05. The highest BCUT2D eigenvalue weighted by atomic mass is 16.4. The molecule has 0 saturated carbocycles. The standard InChI is InChI=1S/C33H39NO8/c35-19-24-18-26-31(33(42)34(32(26)41)16-6-2-5-9-29(39)40)27(20-36)30(24)28(38)15-12-23(22-7-3-1-4-8-22)17-21-10-13-25(37)14-11-21/h1,3-4,7-8,10-11,13-14,17,26-28,31,35-38H,2,5-6,9,12,15-16,18-20H2,(H,39,40)/b23-17-/t26-,27+,28-,31-/m1/s1. The normalized spacial score (nSPS) is 21.5. The van der Waals surface area contributed by atoms with Crippen LogP contribution in [0.1, 0.15) is 56.1 Å². The van der Waals surface area contributed by atoms with Gasteiger partial charge in [0.15, 0.2) is 0 Å². The first kappa shape index (κ1) is 31.2. The number of allylic oxidation sites excluding steroid dienone is 1. The highest BCUT2D eigenvalue weighted by molar-refractivity contribution is 6.05. The van der Waals surface area contributed by atoms with Gasteiger partial charge in [0.05, 0.1) is 31.2 Å². The van der Waals surface area contributed by atoms with E-state index in [1.54, 1.807) is 24.3 Å². The number of imide groups is 1. The topological polar surface area (TPSA) is 156 Å². The molecule has 0 spiro atoms. The van der Waals surface area contributed by atoms with Crippen molar-refractivity contribution in [1.82, 2.24) is 4.90 Å². The van der Waals surface area contributed by atoms with Crippen LogP contribution < -0.4 is 0 Å². The van der Waals surface area contributed by atoms with Gasteiger partial charge in [-0.1, -0.05) is 55.0 Å². The molecule has 0 unspecified atom stereocenters. The Morgan fingerprint density at radius 1 is 0.952 bits per heavy atom. The number of phenolic OH excluding ortho intramolecular Hbond substituents is 1. The van der Waals surface area contributed by atoms with E-state index in [1.807, 2.05) is 36.4 Å². The summed E-state index contributed by atoms with van der Waals surface area (Å²) in [5.41, 5.74) is 3.70. The van der Waals surface area contributed by atoms with Crippen molar-refractivity contribution in [3.05, 3.63) is 76.9 Å². The molecule has 1 fully saturated rings. The van der Waals surface area contributed by atoms with Crippen LogP contribution in [-0.4, -0.2) is 74.1 Å². The van der Waals surface area contributed by atoms with Gasteiger partial charge in [0.25, 0.3) is 0 Å². The van der Waals surface area contributed by atoms with E-state index in [2.05, 4.69) is 0 Å². The average Bonchev–Trinajstić information content (AvgIpc) is 3.23. The first-order valence-corrected chi connectivity index (χ1v) is 14.5. The van der Waals surface area contributed by atoms with Crippen LogP contribution >= 0.6 is 0 Å². The van der Waals surface area contributed by atoms with Crippen LogP contribution in [0.4, 0.5) is 0 Å². The molecule has 2 aliphatic rings. The first-order valence-electron chi connectivity index (χ1n) is 14.5. The molecule has 1 aliphatic carbocycles. The van der Waals surface area contributed by atoms with Gasteiger partial charge in [-0.3, -0.25) is 19.3 Å². The molecule has 0 aromatic heterocycles. The largest absolute Gasteiger partial charge is 0.508 e. The van der Waals surface area contributed by atoms with Crippen LogP contribution in [-0.2, 0) is 14.4 Å². The van der Waals surface area contributed by atoms with Gasteiger partial charge < -0.3 is 25.5 Å². The van der Waals surface area contributed by atoms with Gasteiger partial charge in [0.2, 0.25) is 11.8 Å². The van der Waals surface area contributed by atoms with Crippen molar-refractivity contribution in [2.45, 2.75) is 51.0 Å². The summed E-state index contributed by atoms with van der Waals surface area (Å²) in [6.07, 6.45) is 3.32. The third-order valence-corrected chi connectivity index (χ3v) is 8.36. The Morgan fingerprint density at radius 3 is 2.31 bits per heavy atom. The summed E-state index contributed by atoms with van der Waals surface area (Å²) in [7, 11) is 0. The number of aliphatic hydroxyl groups is 3. The quantitative estimate of drug-likeness (QED) is 0.0987. The van der Waals surface area contributed by atoms with E-state index < -0.39 is 43.0 Å². The van der Waals surface area contributed by atoms with Gasteiger partial charge in [0.1, 0.15) is 5.75 Å². The van der Waals surface area contributed by atoms with Gasteiger partial charge in [0, 0.05) is 18.9 Å². The average molecular weight is 578 g/mol. The van der Waals surface area contributed by atoms with Gasteiger partial charge in [-0.25, -0.2) is 0 Å². The van der Waals surface area contributed by atoms with E-state index in [-0.39, 0.29) is 43.4 Å². The van der Waals surface area contributed by atoms with Gasteiger partial charge >= 0.3 is 5.97 Å². The van der Waals surface area contributed by atoms with Crippen molar-refractivity contribution in [3.63, 3.8) is 0 Å². The molecular formula is C33H39NO8. The molecule has 2 aromatic rings. The first-order chi connectivity index (χ1) is 20.2. The lowest BCUT2D eigenvalue weighted by atomic mass is 9.68. The maximum absolute atomic E-state index is 13.4. The number of carboxylic acid groups (broad SMARTS) is 1. The van der Waals surface area contributed by atoms with E-state index in [1.165, 1.54) is 4.90 Å². The number of likely N-dealkylation sites (tertiary alicyclic amines) is 1. The fourth-order valence-electron chi connectivity index (χ4n) is 6.29. The molecule has 1 heterocycles. The molecular weight excluding hydrogens is 538 g/mol. The molecule has 0 bridgehead atoms. The number of aliphatic hydroxyl groups excluding tert-OH is 3. The van der Waals surface area contributed by atoms with Crippen LogP contribution in [0.3, 0.4) is 0 Å². The number of fused-ring (bicyclic) bond motifs is 1. The summed E-state index contributed by atoms with van der Waals surface area (Å²) < 4.78 is 0. The number of hydrogen-bond acceptors (Lipinski definition) is 7. The zero-order valence-electron chi connectivity index (χ0n) is 23.6. The second-order valence-corrected chi connectivity index (χ2v) is 11.1. The van der Waals surface area contributed by atoms with Gasteiger partial charge in [-0.15, -0.1) is 0 Å². The van der Waals surface area contributed by atoms with Gasteiger partial charge in [-0.05, 0) is 72.1 Å². The zero-order valence-corrected chi connectivity index (χ0v) is 23.6. The fraction of sp³-hybridized carbons (Fsp3) is 0.424. The summed E-state index contributed by atoms with van der Waals surface area (Å²) in [6.45, 7) is -0.660. The number of nitrogens with zero attached hydrogens (tertiary/aromatic N) is 1. The van der Waals surface area contributed by atoms with Gasteiger partial charge in [-0.2, -0.15) is 0 Å². The lowest BCUT2D eigenvalue weighted by molar-refractivity contribution is -0.141. The smallest absolute Gasteiger partial charge is 0.303 e. The Labute approximate surface area is 245 Å². The maximum atomic E-state index is 13.4. The third-order valence-electron chi connectivity index (χ3n) is 8.36. The molecule has 42 heavy (non-hydrogen) atoms. The van der Waals surface area contributed by atoms with E-state index in [9.17, 15) is 34.8 Å². The Morgan fingerprint density at radius 2 is 1.67 bits per heavy atom. The zero-order chi connectivity index (χ0) is 30.2. The number of aliphatic carboxylic acids is 1. The number of carbonyl (C=O) groups is 3. The molecule has 0 radical (unpaired) electrons. The van der Waals surface area contributed by atoms with Crippen LogP contribution in [0, 0.1) is 17.8 Å². The number of rotatable bonds is 14. The molecule has 4 atom stereocenters. The van der Waals surface area contributed by atoms with Crippen LogP contribution in [0.2, 0.25) is 0 Å². The molecule has 2 amide bonds. The number of aromatic hydroxyl groups is 1. The second-order valence-electron chi connectivity index (χ2n) is 11.1. The minimum Gasteiger partial charge on any atom is -0.508 e. The molecule has 1 aliphatic heterocycles. The number of hydrogen-bond donors (Lipinski definition) is 5. The van der Waals surface area contributed by atoms with Crippen molar-refractivity contribution < 1.29 is 39.9 Å². The lowest BCUT2D eigenvalue weighted by Crippen LogP contribution is -2.39. The summed E-state index contributed by atoms with van der Waals surface area (Å²) in [5, 5.41) is 50.6. The number of benzene rings is 2. The number of amides is 2. The molecule has 224 valence electrons. The summed E-state index contributed by atoms with van der Waals surface area (Å²) >= 11 is 0. The lowest BCUT2D eigenvalue weighted by Gasteiger charge is -2.36. The van der Waals surface area contributed by atoms with Crippen LogP contribution in [0.25, 0.3) is 11.6 Å². The monoisotopic (exact) mass is 577 g/mol. The van der Waals surface area contributed by atoms with Crippen LogP contribution in [0.15, 0.2) is 65.7 Å². The summed E-state index contributed by atoms with van der Waals surface area (Å²) in [5.74, 6) is -3.78. The second kappa shape index (κ2) is 14.4. The van der Waals surface area contributed by atoms with E-state index in [0.717, 1.165) is 16.7 Å². The molecule has 4 rings (SSSR count). The van der Waals surface area contributed by atoms with Crippen LogP contribution in [0.5, 0.6) is 5.75 Å². The van der Waals surface area contributed by atoms with E-state index in [0.29, 0.717) is 36.8 Å². The SMILES string of the molecule is O=C(O)CCCCCN1C(=O)[C@@H]2[C@@H](CC(CO)=C([C@H](O)CC/C(=C/c3ccc(O)cc3)c3ccccc3)[C@@H]2CO)C1=O. The van der Waals surface area contributed by atoms with Crippen molar-refractivity contribution in [2.24, 2.45) is 17.8 Å². The number of unbranched alkanes of at least 4 members (excludes halogenated alkanes) is 2. The Balaban J connectivity index is 1.52. The highest BCUT2D eigenvalue weighted by Crippen LogP contribution is 2.46.